The van der Waals surface area contributed by atoms with Gasteiger partial charge in [0.25, 0.3) is 6.29 Å². The van der Waals surface area contributed by atoms with Gasteiger partial charge in [-0.2, -0.15) is 0 Å². The number of quaternary nitrogens is 1. The van der Waals surface area contributed by atoms with Crippen molar-refractivity contribution in [2.75, 3.05) is 47.5 Å². The fourth-order valence-electron chi connectivity index (χ4n) is 8.87. The molecule has 0 spiro atoms. The second kappa shape index (κ2) is 63.5. The highest BCUT2D eigenvalue weighted by molar-refractivity contribution is 5.71. The van der Waals surface area contributed by atoms with Crippen molar-refractivity contribution in [1.82, 2.24) is 0 Å². The third-order valence-electron chi connectivity index (χ3n) is 13.9. The van der Waals surface area contributed by atoms with E-state index >= 15 is 0 Å². The van der Waals surface area contributed by atoms with Crippen molar-refractivity contribution < 1.29 is 42.9 Å². The van der Waals surface area contributed by atoms with Crippen LogP contribution in [0.15, 0.2) is 134 Å². The summed E-state index contributed by atoms with van der Waals surface area (Å²) in [7, 11) is 5.97. The number of nitrogens with zero attached hydrogens (tertiary/aromatic N) is 1. The van der Waals surface area contributed by atoms with Gasteiger partial charge in [0.15, 0.2) is 6.10 Å². The largest absolute Gasteiger partial charge is 0.477 e. The normalized spacial score (nSPS) is 13.6. The second-order valence-electron chi connectivity index (χ2n) is 23.0. The first kappa shape index (κ1) is 78.4. The van der Waals surface area contributed by atoms with Crippen molar-refractivity contribution in [3.63, 3.8) is 0 Å². The molecule has 0 rings (SSSR count). The molecule has 0 saturated carbocycles. The van der Waals surface area contributed by atoms with E-state index in [9.17, 15) is 19.5 Å². The monoisotopic (exact) mass is 1150 g/mol. The molecule has 0 aliphatic carbocycles. The number of allylic oxidation sites excluding steroid dienone is 22. The molecule has 9 nitrogen and oxygen atoms in total. The lowest BCUT2D eigenvalue weighted by molar-refractivity contribution is -0.870. The first-order chi connectivity index (χ1) is 40.6. The average molecular weight is 1160 g/mol. The zero-order valence-electron chi connectivity index (χ0n) is 53.8. The Balaban J connectivity index is 4.19. The number of carbonyl (C=O) groups is 3. The number of carbonyl (C=O) groups excluding carboxylic acids is 2. The van der Waals surface area contributed by atoms with Crippen molar-refractivity contribution in [3.8, 4) is 0 Å². The first-order valence-electron chi connectivity index (χ1n) is 33.3. The number of hydrogen-bond donors (Lipinski definition) is 1. The van der Waals surface area contributed by atoms with Crippen LogP contribution in [-0.2, 0) is 33.3 Å². The number of esters is 2. The lowest BCUT2D eigenvalue weighted by Crippen LogP contribution is -2.40. The van der Waals surface area contributed by atoms with E-state index in [1.807, 2.05) is 21.1 Å². The van der Waals surface area contributed by atoms with Crippen LogP contribution in [0.2, 0.25) is 0 Å². The molecule has 0 fully saturated rings. The number of carboxylic acid groups (broad SMARTS) is 1. The van der Waals surface area contributed by atoms with Gasteiger partial charge >= 0.3 is 17.9 Å². The van der Waals surface area contributed by atoms with Gasteiger partial charge in [0.05, 0.1) is 34.4 Å². The summed E-state index contributed by atoms with van der Waals surface area (Å²) in [4.78, 5) is 37.6. The Morgan fingerprint density at radius 3 is 0.964 bits per heavy atom. The molecule has 9 heteroatoms. The zero-order chi connectivity index (χ0) is 60.5. The number of rotatable bonds is 60. The van der Waals surface area contributed by atoms with E-state index < -0.39 is 24.3 Å². The molecular weight excluding hydrogens is 1030 g/mol. The van der Waals surface area contributed by atoms with Crippen LogP contribution in [0.3, 0.4) is 0 Å². The number of likely N-dealkylation sites (N-methyl/N-ethyl adjacent to an activating group) is 1. The van der Waals surface area contributed by atoms with Crippen molar-refractivity contribution in [1.29, 1.82) is 0 Å². The maximum Gasteiger partial charge on any atom is 0.361 e. The Kier molecular flexibility index (Phi) is 60.0. The van der Waals surface area contributed by atoms with Gasteiger partial charge in [-0.3, -0.25) is 9.59 Å². The van der Waals surface area contributed by atoms with Gasteiger partial charge in [0, 0.05) is 12.8 Å². The molecule has 0 amide bonds. The van der Waals surface area contributed by atoms with Crippen LogP contribution in [0.1, 0.15) is 258 Å². The molecule has 0 aliphatic rings. The molecule has 83 heavy (non-hydrogen) atoms. The van der Waals surface area contributed by atoms with E-state index in [1.165, 1.54) is 109 Å². The summed E-state index contributed by atoms with van der Waals surface area (Å²) in [5, 5.41) is 9.74. The summed E-state index contributed by atoms with van der Waals surface area (Å²) in [5.41, 5.74) is 0. The minimum absolute atomic E-state index is 0.181. The van der Waals surface area contributed by atoms with E-state index in [1.54, 1.807) is 0 Å². The standard InChI is InChI=1S/C74H123NO8/c1-6-8-10-12-14-16-18-20-22-24-26-28-30-32-34-36-38-40-42-44-46-48-50-52-54-56-58-60-62-64-71(76)81-68-70(69-82-74(73(78)79)80-67-66-75(3,4)5)83-72(77)65-63-61-59-57-55-53-51-49-47-45-43-41-39-37-35-33-31-29-27-25-23-21-19-17-15-13-11-9-7-2/h8-11,14-17,20-23,26-29,32-35,39,41,70,74H,6-7,12-13,18-19,24-25,30-31,36-38,40,42-69H2,1-5H3/p+1/b10-8-,11-9-,16-14-,17-15-,22-20-,23-21-,28-26-,29-27-,34-32-,35-33-,41-39-. The second-order valence-corrected chi connectivity index (χ2v) is 23.0. The molecule has 0 radical (unpaired) electrons. The molecule has 0 aromatic rings. The van der Waals surface area contributed by atoms with Gasteiger partial charge in [0.2, 0.25) is 0 Å². The predicted molar refractivity (Wildman–Crippen MR) is 354 cm³/mol. The van der Waals surface area contributed by atoms with Gasteiger partial charge < -0.3 is 28.5 Å². The Bertz CT molecular complexity index is 1820. The van der Waals surface area contributed by atoms with Crippen molar-refractivity contribution in [3.05, 3.63) is 134 Å². The maximum atomic E-state index is 12.9. The molecule has 0 heterocycles. The number of unbranched alkanes of at least 4 members (excludes halogenated alkanes) is 23. The van der Waals surface area contributed by atoms with Gasteiger partial charge in [-0.1, -0.05) is 270 Å². The number of carboxylic acids is 1. The molecule has 0 bridgehead atoms. The Morgan fingerprint density at radius 1 is 0.361 bits per heavy atom. The highest BCUT2D eigenvalue weighted by Crippen LogP contribution is 2.16. The SMILES string of the molecule is CC/C=C\C/C=C\C/C=C\C/C=C\C/C=C\C/C=C\CCCCCCCCCCCCC(=O)OC(COC(=O)CCCCCCCCCCCCCCC/C=C\C/C=C\C/C=C\C/C=C\C/C=C\CC)COC(OCC[N+](C)(C)C)C(=O)O. The molecule has 0 saturated heterocycles. The Labute approximate surface area is 509 Å². The Morgan fingerprint density at radius 2 is 0.651 bits per heavy atom. The number of aliphatic carboxylic acids is 1. The van der Waals surface area contributed by atoms with E-state index in [0.717, 1.165) is 116 Å². The fraction of sp³-hybridized carbons (Fsp3) is 0.662. The number of hydrogen-bond acceptors (Lipinski definition) is 7. The zero-order valence-corrected chi connectivity index (χ0v) is 53.8. The van der Waals surface area contributed by atoms with Gasteiger partial charge in [-0.15, -0.1) is 0 Å². The van der Waals surface area contributed by atoms with Crippen LogP contribution in [-0.4, -0.2) is 87.4 Å². The van der Waals surface area contributed by atoms with Crippen molar-refractivity contribution in [2.24, 2.45) is 0 Å². The minimum Gasteiger partial charge on any atom is -0.477 e. The van der Waals surface area contributed by atoms with Crippen molar-refractivity contribution in [2.45, 2.75) is 270 Å². The smallest absolute Gasteiger partial charge is 0.361 e. The van der Waals surface area contributed by atoms with Gasteiger partial charge in [-0.25, -0.2) is 4.79 Å². The number of ether oxygens (including phenoxy) is 4. The third-order valence-corrected chi connectivity index (χ3v) is 13.9. The van der Waals surface area contributed by atoms with E-state index in [0.29, 0.717) is 23.9 Å². The molecule has 0 aromatic carbocycles. The predicted octanol–water partition coefficient (Wildman–Crippen LogP) is 20.6. The summed E-state index contributed by atoms with van der Waals surface area (Å²) in [6.07, 6.45) is 88.3. The summed E-state index contributed by atoms with van der Waals surface area (Å²) in [6, 6.07) is 0. The van der Waals surface area contributed by atoms with Crippen LogP contribution < -0.4 is 0 Å². The Hall–Kier alpha value is -4.57. The highest BCUT2D eigenvalue weighted by Gasteiger charge is 2.25. The van der Waals surface area contributed by atoms with Crippen LogP contribution >= 0.6 is 0 Å². The molecular formula is C74H124NO8+. The van der Waals surface area contributed by atoms with Crippen LogP contribution in [0.25, 0.3) is 0 Å². The first-order valence-corrected chi connectivity index (χ1v) is 33.3. The van der Waals surface area contributed by atoms with Crippen LogP contribution in [0.4, 0.5) is 0 Å². The highest BCUT2D eigenvalue weighted by atomic mass is 16.7. The van der Waals surface area contributed by atoms with Crippen molar-refractivity contribution >= 4 is 17.9 Å². The van der Waals surface area contributed by atoms with Crippen LogP contribution in [0.5, 0.6) is 0 Å². The molecule has 0 aromatic heterocycles. The molecule has 0 aliphatic heterocycles. The fourth-order valence-corrected chi connectivity index (χ4v) is 8.87. The summed E-state index contributed by atoms with van der Waals surface area (Å²) >= 11 is 0. The van der Waals surface area contributed by atoms with Crippen LogP contribution in [0, 0.1) is 0 Å². The quantitative estimate of drug-likeness (QED) is 0.0211. The molecule has 1 N–H and O–H groups in total. The van der Waals surface area contributed by atoms with Gasteiger partial charge in [0.1, 0.15) is 13.2 Å². The van der Waals surface area contributed by atoms with Gasteiger partial charge in [-0.05, 0) is 109 Å². The summed E-state index contributed by atoms with van der Waals surface area (Å²) < 4.78 is 23.0. The van der Waals surface area contributed by atoms with E-state index in [2.05, 4.69) is 148 Å². The average Bonchev–Trinajstić information content (AvgIpc) is 3.46. The maximum absolute atomic E-state index is 12.9. The summed E-state index contributed by atoms with van der Waals surface area (Å²) in [5.74, 6) is -2.02. The topological polar surface area (TPSA) is 108 Å². The lowest BCUT2D eigenvalue weighted by atomic mass is 10.0. The minimum atomic E-state index is -1.52. The lowest BCUT2D eigenvalue weighted by Gasteiger charge is -2.25. The van der Waals surface area contributed by atoms with E-state index in [-0.39, 0.29) is 32.2 Å². The molecule has 2 atom stereocenters. The third kappa shape index (κ3) is 64.8. The molecule has 2 unspecified atom stereocenters. The summed E-state index contributed by atoms with van der Waals surface area (Å²) in [6.45, 7) is 4.65. The van der Waals surface area contributed by atoms with E-state index in [4.69, 9.17) is 18.9 Å². The molecule has 472 valence electrons.